The van der Waals surface area contributed by atoms with E-state index in [0.717, 1.165) is 11.3 Å². The summed E-state index contributed by atoms with van der Waals surface area (Å²) in [5.74, 6) is 0.721. The highest BCUT2D eigenvalue weighted by molar-refractivity contribution is 5.58. The van der Waals surface area contributed by atoms with Gasteiger partial charge in [0.1, 0.15) is 12.4 Å². The Balaban J connectivity index is 3.08. The second-order valence-corrected chi connectivity index (χ2v) is 4.64. The van der Waals surface area contributed by atoms with Crippen LogP contribution in [0.4, 0.5) is 5.69 Å². The van der Waals surface area contributed by atoms with Crippen molar-refractivity contribution in [1.29, 1.82) is 0 Å². The third-order valence-electron chi connectivity index (χ3n) is 2.27. The Morgan fingerprint density at radius 2 is 2.12 bits per heavy atom. The first kappa shape index (κ1) is 12.3. The lowest BCUT2D eigenvalue weighted by molar-refractivity contribution is 0.363. The van der Waals surface area contributed by atoms with Gasteiger partial charge in [-0.3, -0.25) is 0 Å². The van der Waals surface area contributed by atoms with Crippen LogP contribution in [0, 0.1) is 6.57 Å². The number of benzene rings is 1. The van der Waals surface area contributed by atoms with Crippen LogP contribution in [0.15, 0.2) is 30.9 Å². The van der Waals surface area contributed by atoms with Crippen LogP contribution in [0.5, 0.6) is 5.75 Å². The molecule has 0 aliphatic carbocycles. The first-order chi connectivity index (χ1) is 7.49. The molecule has 0 saturated carbocycles. The van der Waals surface area contributed by atoms with Gasteiger partial charge in [0, 0.05) is 0 Å². The lowest BCUT2D eigenvalue weighted by Gasteiger charge is -2.21. The minimum atomic E-state index is -0.0170. The zero-order chi connectivity index (χ0) is 12.2. The molecule has 0 unspecified atom stereocenters. The SMILES string of the molecule is [C-]#[N+]c1cc(OCC=C)ccc1C(C)(C)C. The van der Waals surface area contributed by atoms with Gasteiger partial charge in [0.2, 0.25) is 0 Å². The maximum Gasteiger partial charge on any atom is 0.194 e. The maximum absolute atomic E-state index is 7.19. The van der Waals surface area contributed by atoms with Gasteiger partial charge in [-0.25, -0.2) is 4.85 Å². The summed E-state index contributed by atoms with van der Waals surface area (Å²) < 4.78 is 5.40. The van der Waals surface area contributed by atoms with Crippen molar-refractivity contribution < 1.29 is 4.74 Å². The van der Waals surface area contributed by atoms with E-state index in [4.69, 9.17) is 11.3 Å². The third-order valence-corrected chi connectivity index (χ3v) is 2.27. The minimum absolute atomic E-state index is 0.0170. The van der Waals surface area contributed by atoms with Gasteiger partial charge in [-0.15, -0.1) is 0 Å². The fraction of sp³-hybridized carbons (Fsp3) is 0.357. The first-order valence-corrected chi connectivity index (χ1v) is 5.24. The van der Waals surface area contributed by atoms with Crippen molar-refractivity contribution in [2.24, 2.45) is 0 Å². The molecule has 2 heteroatoms. The molecular weight excluding hydrogens is 198 g/mol. The van der Waals surface area contributed by atoms with Gasteiger partial charge in [-0.05, 0) is 23.1 Å². The van der Waals surface area contributed by atoms with Crippen LogP contribution < -0.4 is 4.74 Å². The molecule has 0 fully saturated rings. The van der Waals surface area contributed by atoms with Crippen LogP contribution in [0.25, 0.3) is 4.85 Å². The Hall–Kier alpha value is -1.75. The molecule has 0 heterocycles. The summed E-state index contributed by atoms with van der Waals surface area (Å²) in [6.45, 7) is 17.5. The van der Waals surface area contributed by atoms with E-state index in [-0.39, 0.29) is 5.41 Å². The van der Waals surface area contributed by atoms with Crippen molar-refractivity contribution in [2.75, 3.05) is 6.61 Å². The van der Waals surface area contributed by atoms with E-state index in [1.165, 1.54) is 0 Å². The third kappa shape index (κ3) is 2.87. The first-order valence-electron chi connectivity index (χ1n) is 5.24. The summed E-state index contributed by atoms with van der Waals surface area (Å²) in [5, 5.41) is 0. The van der Waals surface area contributed by atoms with E-state index < -0.39 is 0 Å². The zero-order valence-corrected chi connectivity index (χ0v) is 10.1. The number of hydrogen-bond donors (Lipinski definition) is 0. The van der Waals surface area contributed by atoms with Crippen molar-refractivity contribution in [3.8, 4) is 5.75 Å². The molecule has 0 N–H and O–H groups in total. The van der Waals surface area contributed by atoms with E-state index in [1.807, 2.05) is 12.1 Å². The van der Waals surface area contributed by atoms with Crippen LogP contribution in [0.2, 0.25) is 0 Å². The molecule has 1 aromatic rings. The van der Waals surface area contributed by atoms with Gasteiger partial charge in [0.25, 0.3) is 0 Å². The molecular formula is C14H17NO. The Labute approximate surface area is 97.4 Å². The highest BCUT2D eigenvalue weighted by Crippen LogP contribution is 2.34. The second-order valence-electron chi connectivity index (χ2n) is 4.64. The van der Waals surface area contributed by atoms with E-state index in [0.29, 0.717) is 12.3 Å². The lowest BCUT2D eigenvalue weighted by Crippen LogP contribution is -2.11. The molecule has 2 nitrogen and oxygen atoms in total. The summed E-state index contributed by atoms with van der Waals surface area (Å²) >= 11 is 0. The van der Waals surface area contributed by atoms with Gasteiger partial charge in [0.15, 0.2) is 5.69 Å². The van der Waals surface area contributed by atoms with E-state index >= 15 is 0 Å². The molecule has 0 aromatic heterocycles. The summed E-state index contributed by atoms with van der Waals surface area (Å²) in [4.78, 5) is 3.55. The molecule has 0 aliphatic heterocycles. The standard InChI is InChI=1S/C14H17NO/c1-6-9-16-11-7-8-12(14(2,3)4)13(10-11)15-5/h6-8,10H,1,9H2,2-4H3. The predicted octanol–water partition coefficient (Wildman–Crippen LogP) is 4.10. The summed E-state index contributed by atoms with van der Waals surface area (Å²) in [6.07, 6.45) is 1.69. The molecule has 0 aliphatic rings. The average molecular weight is 215 g/mol. The molecule has 0 spiro atoms. The Kier molecular flexibility index (Phi) is 3.73. The summed E-state index contributed by atoms with van der Waals surface area (Å²) in [5.41, 5.74) is 1.69. The average Bonchev–Trinajstić information content (AvgIpc) is 2.24. The molecule has 0 radical (unpaired) electrons. The fourth-order valence-electron chi connectivity index (χ4n) is 1.48. The normalized spacial score (nSPS) is 10.6. The Bertz CT molecular complexity index is 421. The van der Waals surface area contributed by atoms with Crippen molar-refractivity contribution >= 4 is 5.69 Å². The van der Waals surface area contributed by atoms with Crippen molar-refractivity contribution in [1.82, 2.24) is 0 Å². The van der Waals surface area contributed by atoms with E-state index in [1.54, 1.807) is 12.1 Å². The highest BCUT2D eigenvalue weighted by atomic mass is 16.5. The minimum Gasteiger partial charge on any atom is -0.491 e. The maximum atomic E-state index is 7.19. The van der Waals surface area contributed by atoms with Gasteiger partial charge < -0.3 is 4.74 Å². The Morgan fingerprint density at radius 1 is 1.44 bits per heavy atom. The van der Waals surface area contributed by atoms with Crippen molar-refractivity contribution in [2.45, 2.75) is 26.2 Å². The second kappa shape index (κ2) is 4.85. The van der Waals surface area contributed by atoms with Gasteiger partial charge in [-0.2, -0.15) is 0 Å². The zero-order valence-electron chi connectivity index (χ0n) is 10.1. The quantitative estimate of drug-likeness (QED) is 0.546. The summed E-state index contributed by atoms with van der Waals surface area (Å²) in [7, 11) is 0. The lowest BCUT2D eigenvalue weighted by atomic mass is 9.86. The molecule has 0 bridgehead atoms. The highest BCUT2D eigenvalue weighted by Gasteiger charge is 2.18. The number of hydrogen-bond acceptors (Lipinski definition) is 1. The molecule has 0 atom stereocenters. The van der Waals surface area contributed by atoms with Gasteiger partial charge >= 0.3 is 0 Å². The topological polar surface area (TPSA) is 13.6 Å². The smallest absolute Gasteiger partial charge is 0.194 e. The van der Waals surface area contributed by atoms with E-state index in [2.05, 4.69) is 32.2 Å². The van der Waals surface area contributed by atoms with Crippen LogP contribution >= 0.6 is 0 Å². The van der Waals surface area contributed by atoms with Crippen LogP contribution in [-0.2, 0) is 5.41 Å². The largest absolute Gasteiger partial charge is 0.491 e. The van der Waals surface area contributed by atoms with Crippen LogP contribution in [-0.4, -0.2) is 6.61 Å². The van der Waals surface area contributed by atoms with Crippen LogP contribution in [0.3, 0.4) is 0 Å². The molecule has 84 valence electrons. The Morgan fingerprint density at radius 3 is 2.62 bits per heavy atom. The number of nitrogens with zero attached hydrogens (tertiary/aromatic N) is 1. The monoisotopic (exact) mass is 215 g/mol. The van der Waals surface area contributed by atoms with Crippen LogP contribution in [0.1, 0.15) is 26.3 Å². The predicted molar refractivity (Wildman–Crippen MR) is 67.1 cm³/mol. The molecule has 1 rings (SSSR count). The fourth-order valence-corrected chi connectivity index (χ4v) is 1.48. The number of rotatable bonds is 3. The summed E-state index contributed by atoms with van der Waals surface area (Å²) in [6, 6.07) is 5.65. The van der Waals surface area contributed by atoms with Gasteiger partial charge in [0.05, 0.1) is 6.57 Å². The van der Waals surface area contributed by atoms with Crippen molar-refractivity contribution in [3.05, 3.63) is 47.8 Å². The molecule has 16 heavy (non-hydrogen) atoms. The number of ether oxygens (including phenoxy) is 1. The van der Waals surface area contributed by atoms with Gasteiger partial charge in [-0.1, -0.05) is 39.5 Å². The van der Waals surface area contributed by atoms with E-state index in [9.17, 15) is 0 Å². The molecule has 0 saturated heterocycles. The molecule has 0 amide bonds. The molecule has 1 aromatic carbocycles. The van der Waals surface area contributed by atoms with Crippen molar-refractivity contribution in [3.63, 3.8) is 0 Å².